The van der Waals surface area contributed by atoms with E-state index < -0.39 is 14.8 Å². The van der Waals surface area contributed by atoms with E-state index in [9.17, 15) is 13.7 Å². The van der Waals surface area contributed by atoms with E-state index in [1.807, 2.05) is 13.8 Å². The Balaban J connectivity index is 4.75. The van der Waals surface area contributed by atoms with Gasteiger partial charge in [-0.1, -0.05) is 72.1 Å². The first-order valence-corrected chi connectivity index (χ1v) is 10.4. The predicted molar refractivity (Wildman–Crippen MR) is 93.1 cm³/mol. The van der Waals surface area contributed by atoms with Gasteiger partial charge in [-0.3, -0.25) is 0 Å². The molecule has 0 saturated heterocycles. The van der Waals surface area contributed by atoms with Gasteiger partial charge in [-0.25, -0.2) is 13.1 Å². The quantitative estimate of drug-likeness (QED) is 0.476. The van der Waals surface area contributed by atoms with Gasteiger partial charge in [0.25, 0.3) is 0 Å². The summed E-state index contributed by atoms with van der Waals surface area (Å²) in [6.07, 6.45) is 9.90. The summed E-state index contributed by atoms with van der Waals surface area (Å²) in [6.45, 7) is 6.54. The van der Waals surface area contributed by atoms with E-state index in [1.54, 1.807) is 0 Å². The molecule has 0 rings (SSSR count). The van der Waals surface area contributed by atoms with Gasteiger partial charge in [0.2, 0.25) is 10.0 Å². The van der Waals surface area contributed by atoms with Crippen molar-refractivity contribution < 1.29 is 8.42 Å². The van der Waals surface area contributed by atoms with Gasteiger partial charge in [0.15, 0.2) is 4.75 Å². The normalized spacial score (nSPS) is 14.5. The number of hydrogen-bond acceptors (Lipinski definition) is 3. The monoisotopic (exact) mass is 330 g/mol. The zero-order chi connectivity index (χ0) is 16.9. The van der Waals surface area contributed by atoms with Crippen molar-refractivity contribution in [2.45, 2.75) is 96.1 Å². The molecule has 0 aliphatic rings. The molecule has 4 nitrogen and oxygen atoms in total. The summed E-state index contributed by atoms with van der Waals surface area (Å²) >= 11 is 0. The van der Waals surface area contributed by atoms with E-state index in [0.29, 0.717) is 19.4 Å². The summed E-state index contributed by atoms with van der Waals surface area (Å²) in [5.74, 6) is 0. The summed E-state index contributed by atoms with van der Waals surface area (Å²) in [5.41, 5.74) is 0. The van der Waals surface area contributed by atoms with Crippen LogP contribution in [0.5, 0.6) is 0 Å². The standard InChI is InChI=1S/C17H34N2O2S/c1-4-7-9-10-11-12-14-17(16-18,13-8-5-2)22(20,21)19-15-6-3/h19H,4-15H2,1-3H3. The zero-order valence-electron chi connectivity index (χ0n) is 14.7. The lowest BCUT2D eigenvalue weighted by molar-refractivity contribution is 0.470. The average Bonchev–Trinajstić information content (AvgIpc) is 2.51. The number of sulfonamides is 1. The van der Waals surface area contributed by atoms with E-state index in [1.165, 1.54) is 19.3 Å². The van der Waals surface area contributed by atoms with Gasteiger partial charge in [0, 0.05) is 6.54 Å². The van der Waals surface area contributed by atoms with Crippen molar-refractivity contribution in [1.29, 1.82) is 5.26 Å². The molecule has 1 atom stereocenters. The Labute approximate surface area is 137 Å². The van der Waals surface area contributed by atoms with Gasteiger partial charge in [0.1, 0.15) is 0 Å². The maximum absolute atomic E-state index is 12.6. The van der Waals surface area contributed by atoms with Crippen molar-refractivity contribution in [2.75, 3.05) is 6.54 Å². The lowest BCUT2D eigenvalue weighted by Gasteiger charge is -2.26. The first kappa shape index (κ1) is 21.4. The highest BCUT2D eigenvalue weighted by atomic mass is 32.2. The topological polar surface area (TPSA) is 70.0 Å². The molecule has 0 aromatic rings. The van der Waals surface area contributed by atoms with Crippen LogP contribution in [0.15, 0.2) is 0 Å². The highest BCUT2D eigenvalue weighted by Crippen LogP contribution is 2.30. The third kappa shape index (κ3) is 7.11. The lowest BCUT2D eigenvalue weighted by atomic mass is 9.95. The number of rotatable bonds is 14. The first-order chi connectivity index (χ1) is 10.5. The van der Waals surface area contributed by atoms with Crippen molar-refractivity contribution in [2.24, 2.45) is 0 Å². The molecule has 0 radical (unpaired) electrons. The zero-order valence-corrected chi connectivity index (χ0v) is 15.5. The smallest absolute Gasteiger partial charge is 0.214 e. The fourth-order valence-corrected chi connectivity index (χ4v) is 4.29. The van der Waals surface area contributed by atoms with Crippen LogP contribution >= 0.6 is 0 Å². The molecular weight excluding hydrogens is 296 g/mol. The highest BCUT2D eigenvalue weighted by molar-refractivity contribution is 7.91. The van der Waals surface area contributed by atoms with E-state index in [4.69, 9.17) is 0 Å². The molecule has 0 aliphatic carbocycles. The number of nitrogens with one attached hydrogen (secondary N) is 1. The van der Waals surface area contributed by atoms with Crippen LogP contribution in [0.4, 0.5) is 0 Å². The van der Waals surface area contributed by atoms with Crippen molar-refractivity contribution in [3.63, 3.8) is 0 Å². The molecule has 0 aromatic carbocycles. The Hall–Kier alpha value is -0.600. The maximum atomic E-state index is 12.6. The predicted octanol–water partition coefficient (Wildman–Crippen LogP) is 4.52. The van der Waals surface area contributed by atoms with Crippen molar-refractivity contribution in [1.82, 2.24) is 4.72 Å². The third-order valence-electron chi connectivity index (χ3n) is 4.13. The van der Waals surface area contributed by atoms with Crippen LogP contribution < -0.4 is 4.72 Å². The number of unbranched alkanes of at least 4 members (excludes halogenated alkanes) is 6. The molecule has 0 amide bonds. The van der Waals surface area contributed by atoms with Crippen LogP contribution in [0.2, 0.25) is 0 Å². The Bertz CT molecular complexity index is 415. The van der Waals surface area contributed by atoms with Crippen LogP contribution in [-0.4, -0.2) is 19.7 Å². The van der Waals surface area contributed by atoms with E-state index in [2.05, 4.69) is 17.7 Å². The van der Waals surface area contributed by atoms with Gasteiger partial charge in [-0.15, -0.1) is 0 Å². The van der Waals surface area contributed by atoms with E-state index in [-0.39, 0.29) is 0 Å². The molecule has 0 heterocycles. The minimum absolute atomic E-state index is 0.411. The number of nitrogens with zero attached hydrogens (tertiary/aromatic N) is 1. The SMILES string of the molecule is CCCCCCCCC(C#N)(CCCC)S(=O)(=O)NCCC. The number of nitriles is 1. The third-order valence-corrected chi connectivity index (χ3v) is 6.24. The molecule has 0 fully saturated rings. The second-order valence-corrected chi connectivity index (χ2v) is 8.20. The fraction of sp³-hybridized carbons (Fsp3) is 0.941. The molecule has 130 valence electrons. The summed E-state index contributed by atoms with van der Waals surface area (Å²) in [5, 5.41) is 9.61. The lowest BCUT2D eigenvalue weighted by Crippen LogP contribution is -2.45. The van der Waals surface area contributed by atoms with Crippen LogP contribution in [-0.2, 0) is 10.0 Å². The van der Waals surface area contributed by atoms with Crippen molar-refractivity contribution >= 4 is 10.0 Å². The van der Waals surface area contributed by atoms with Gasteiger partial charge < -0.3 is 0 Å². The highest BCUT2D eigenvalue weighted by Gasteiger charge is 2.42. The van der Waals surface area contributed by atoms with Gasteiger partial charge in [-0.05, 0) is 19.3 Å². The van der Waals surface area contributed by atoms with Crippen LogP contribution in [0.3, 0.4) is 0 Å². The minimum atomic E-state index is -3.58. The Morgan fingerprint density at radius 2 is 1.41 bits per heavy atom. The molecule has 22 heavy (non-hydrogen) atoms. The van der Waals surface area contributed by atoms with Crippen molar-refractivity contribution in [3.8, 4) is 6.07 Å². The fourth-order valence-electron chi connectivity index (χ4n) is 2.59. The van der Waals surface area contributed by atoms with Crippen LogP contribution in [0.25, 0.3) is 0 Å². The van der Waals surface area contributed by atoms with Crippen molar-refractivity contribution in [3.05, 3.63) is 0 Å². The summed E-state index contributed by atoms with van der Waals surface area (Å²) in [6, 6.07) is 2.15. The summed E-state index contributed by atoms with van der Waals surface area (Å²) in [4.78, 5) is 0. The minimum Gasteiger partial charge on any atom is -0.214 e. The Morgan fingerprint density at radius 3 is 1.95 bits per heavy atom. The molecule has 1 N–H and O–H groups in total. The summed E-state index contributed by atoms with van der Waals surface area (Å²) < 4.78 is 26.5. The molecule has 5 heteroatoms. The van der Waals surface area contributed by atoms with E-state index >= 15 is 0 Å². The molecule has 0 saturated carbocycles. The number of hydrogen-bond donors (Lipinski definition) is 1. The summed E-state index contributed by atoms with van der Waals surface area (Å²) in [7, 11) is -3.58. The van der Waals surface area contributed by atoms with E-state index in [0.717, 1.165) is 38.5 Å². The Morgan fingerprint density at radius 1 is 0.864 bits per heavy atom. The molecule has 0 spiro atoms. The van der Waals surface area contributed by atoms with Crippen LogP contribution in [0.1, 0.15) is 91.4 Å². The van der Waals surface area contributed by atoms with Gasteiger partial charge >= 0.3 is 0 Å². The largest absolute Gasteiger partial charge is 0.230 e. The maximum Gasteiger partial charge on any atom is 0.230 e. The van der Waals surface area contributed by atoms with Gasteiger partial charge in [0.05, 0.1) is 6.07 Å². The van der Waals surface area contributed by atoms with Gasteiger partial charge in [-0.2, -0.15) is 5.26 Å². The molecule has 0 aliphatic heterocycles. The molecule has 0 aromatic heterocycles. The average molecular weight is 331 g/mol. The first-order valence-electron chi connectivity index (χ1n) is 8.90. The molecule has 1 unspecified atom stereocenters. The van der Waals surface area contributed by atoms with Crippen LogP contribution in [0, 0.1) is 11.3 Å². The molecule has 0 bridgehead atoms. The second kappa shape index (κ2) is 11.9. The molecular formula is C17H34N2O2S. The Kier molecular flexibility index (Phi) is 11.6. The second-order valence-electron chi connectivity index (χ2n) is 6.13.